The van der Waals surface area contributed by atoms with Gasteiger partial charge in [0, 0.05) is 44.9 Å². The van der Waals surface area contributed by atoms with Gasteiger partial charge >= 0.3 is 0 Å². The highest BCUT2D eigenvalue weighted by atomic mass is 16.5. The number of hydrogen-bond donors (Lipinski definition) is 1. The summed E-state index contributed by atoms with van der Waals surface area (Å²) in [7, 11) is 1.84. The average molecular weight is 283 g/mol. The van der Waals surface area contributed by atoms with E-state index in [0.29, 0.717) is 12.1 Å². The van der Waals surface area contributed by atoms with E-state index < -0.39 is 0 Å². The van der Waals surface area contributed by atoms with Gasteiger partial charge in [-0.2, -0.15) is 0 Å². The van der Waals surface area contributed by atoms with Crippen molar-refractivity contribution in [3.63, 3.8) is 0 Å². The molecule has 2 saturated heterocycles. The van der Waals surface area contributed by atoms with Gasteiger partial charge in [0.25, 0.3) is 0 Å². The summed E-state index contributed by atoms with van der Waals surface area (Å²) in [6.45, 7) is 10.1. The van der Waals surface area contributed by atoms with Gasteiger partial charge in [-0.05, 0) is 52.5 Å². The van der Waals surface area contributed by atoms with Crippen LogP contribution in [0.25, 0.3) is 0 Å². The van der Waals surface area contributed by atoms with Gasteiger partial charge in [0.1, 0.15) is 0 Å². The van der Waals surface area contributed by atoms with E-state index in [9.17, 15) is 0 Å². The third-order valence-electron chi connectivity index (χ3n) is 5.51. The molecule has 4 heteroatoms. The Morgan fingerprint density at radius 1 is 1.15 bits per heavy atom. The molecule has 1 unspecified atom stereocenters. The van der Waals surface area contributed by atoms with E-state index in [0.717, 1.165) is 32.5 Å². The minimum Gasteiger partial charge on any atom is -0.381 e. The topological polar surface area (TPSA) is 41.7 Å². The van der Waals surface area contributed by atoms with Crippen LogP contribution in [0.1, 0.15) is 46.0 Å². The number of ether oxygens (including phenoxy) is 1. The zero-order valence-corrected chi connectivity index (χ0v) is 13.6. The summed E-state index contributed by atoms with van der Waals surface area (Å²) in [6.07, 6.45) is 6.53. The molecular weight excluding hydrogens is 250 g/mol. The average Bonchev–Trinajstić information content (AvgIpc) is 2.71. The SMILES string of the molecule is COC1CCN(C2(CN)CCCN(C(C)C)CC2)CC1. The molecular formula is C16H33N3O. The minimum absolute atomic E-state index is 0.238. The highest BCUT2D eigenvalue weighted by Crippen LogP contribution is 2.31. The van der Waals surface area contributed by atoms with Crippen molar-refractivity contribution >= 4 is 0 Å². The van der Waals surface area contributed by atoms with Crippen molar-refractivity contribution in [2.24, 2.45) is 5.73 Å². The molecule has 1 atom stereocenters. The molecule has 2 heterocycles. The molecule has 0 amide bonds. The molecule has 2 fully saturated rings. The molecule has 2 N–H and O–H groups in total. The van der Waals surface area contributed by atoms with Gasteiger partial charge in [-0.15, -0.1) is 0 Å². The van der Waals surface area contributed by atoms with E-state index >= 15 is 0 Å². The molecule has 0 saturated carbocycles. The Hall–Kier alpha value is -0.160. The number of nitrogens with zero attached hydrogens (tertiary/aromatic N) is 2. The summed E-state index contributed by atoms with van der Waals surface area (Å²) in [6, 6.07) is 0.655. The van der Waals surface area contributed by atoms with Crippen LogP contribution in [-0.4, -0.2) is 67.3 Å². The van der Waals surface area contributed by atoms with Gasteiger partial charge in [-0.1, -0.05) is 0 Å². The van der Waals surface area contributed by atoms with Gasteiger partial charge in [0.15, 0.2) is 0 Å². The summed E-state index contributed by atoms with van der Waals surface area (Å²) in [4.78, 5) is 5.28. The van der Waals surface area contributed by atoms with Crippen molar-refractivity contribution in [3.8, 4) is 0 Å². The molecule has 2 aliphatic rings. The minimum atomic E-state index is 0.238. The van der Waals surface area contributed by atoms with Crippen LogP contribution in [0.2, 0.25) is 0 Å². The van der Waals surface area contributed by atoms with Crippen LogP contribution in [0.15, 0.2) is 0 Å². The predicted molar refractivity (Wildman–Crippen MR) is 83.9 cm³/mol. The fraction of sp³-hybridized carbons (Fsp3) is 1.00. The first-order chi connectivity index (χ1) is 9.61. The second-order valence-electron chi connectivity index (χ2n) is 6.83. The molecule has 0 aromatic heterocycles. The smallest absolute Gasteiger partial charge is 0.0595 e. The number of likely N-dealkylation sites (tertiary alicyclic amines) is 2. The van der Waals surface area contributed by atoms with Crippen LogP contribution < -0.4 is 5.73 Å². The second-order valence-corrected chi connectivity index (χ2v) is 6.83. The first-order valence-electron chi connectivity index (χ1n) is 8.33. The molecule has 0 aromatic carbocycles. The van der Waals surface area contributed by atoms with Gasteiger partial charge in [-0.25, -0.2) is 0 Å². The van der Waals surface area contributed by atoms with E-state index in [1.165, 1.54) is 32.4 Å². The Morgan fingerprint density at radius 2 is 1.85 bits per heavy atom. The summed E-state index contributed by atoms with van der Waals surface area (Å²) in [5, 5.41) is 0. The molecule has 2 aliphatic heterocycles. The Morgan fingerprint density at radius 3 is 2.40 bits per heavy atom. The molecule has 0 radical (unpaired) electrons. The lowest BCUT2D eigenvalue weighted by Gasteiger charge is -2.46. The lowest BCUT2D eigenvalue weighted by molar-refractivity contribution is -0.00773. The van der Waals surface area contributed by atoms with Crippen LogP contribution >= 0.6 is 0 Å². The third kappa shape index (κ3) is 3.53. The summed E-state index contributed by atoms with van der Waals surface area (Å²) >= 11 is 0. The Kier molecular flexibility index (Phi) is 5.84. The Bertz CT molecular complexity index is 289. The van der Waals surface area contributed by atoms with Crippen LogP contribution in [0.4, 0.5) is 0 Å². The molecule has 4 nitrogen and oxygen atoms in total. The first-order valence-corrected chi connectivity index (χ1v) is 8.33. The Labute approximate surface area is 124 Å². The molecule has 0 aliphatic carbocycles. The van der Waals surface area contributed by atoms with E-state index in [1.807, 2.05) is 7.11 Å². The molecule has 118 valence electrons. The van der Waals surface area contributed by atoms with Crippen molar-refractivity contribution in [1.29, 1.82) is 0 Å². The summed E-state index contributed by atoms with van der Waals surface area (Å²) in [5.41, 5.74) is 6.47. The van der Waals surface area contributed by atoms with Gasteiger partial charge < -0.3 is 15.4 Å². The van der Waals surface area contributed by atoms with Gasteiger partial charge in [-0.3, -0.25) is 4.90 Å². The van der Waals surface area contributed by atoms with E-state index in [1.54, 1.807) is 0 Å². The number of nitrogens with two attached hydrogens (primary N) is 1. The normalized spacial score (nSPS) is 31.6. The molecule has 0 aromatic rings. The highest BCUT2D eigenvalue weighted by Gasteiger charge is 2.38. The van der Waals surface area contributed by atoms with Gasteiger partial charge in [0.05, 0.1) is 6.10 Å². The summed E-state index contributed by atoms with van der Waals surface area (Å²) in [5.74, 6) is 0. The fourth-order valence-corrected chi connectivity index (χ4v) is 3.93. The lowest BCUT2D eigenvalue weighted by Crippen LogP contribution is -2.57. The molecule has 0 spiro atoms. The van der Waals surface area contributed by atoms with Crippen LogP contribution in [0.3, 0.4) is 0 Å². The van der Waals surface area contributed by atoms with Crippen LogP contribution in [-0.2, 0) is 4.74 Å². The monoisotopic (exact) mass is 283 g/mol. The number of hydrogen-bond acceptors (Lipinski definition) is 4. The quantitative estimate of drug-likeness (QED) is 0.852. The maximum atomic E-state index is 6.24. The number of methoxy groups -OCH3 is 1. The largest absolute Gasteiger partial charge is 0.381 e. The second kappa shape index (κ2) is 7.21. The van der Waals surface area contributed by atoms with Crippen LogP contribution in [0, 0.1) is 0 Å². The zero-order valence-electron chi connectivity index (χ0n) is 13.6. The number of rotatable bonds is 4. The molecule has 20 heavy (non-hydrogen) atoms. The van der Waals surface area contributed by atoms with Crippen molar-refractivity contribution in [2.45, 2.75) is 63.6 Å². The predicted octanol–water partition coefficient (Wildman–Crippen LogP) is 1.69. The number of piperidine rings is 1. The lowest BCUT2D eigenvalue weighted by atomic mass is 9.86. The van der Waals surface area contributed by atoms with Gasteiger partial charge in [0.2, 0.25) is 0 Å². The standard InChI is InChI=1S/C16H33N3O/c1-14(2)18-9-4-7-16(13-17,8-12-18)19-10-5-15(20-3)6-11-19/h14-15H,4-13,17H2,1-3H3. The highest BCUT2D eigenvalue weighted by molar-refractivity contribution is 4.96. The van der Waals surface area contributed by atoms with Crippen LogP contribution in [0.5, 0.6) is 0 Å². The first kappa shape index (κ1) is 16.2. The van der Waals surface area contributed by atoms with Crippen molar-refractivity contribution in [1.82, 2.24) is 9.80 Å². The maximum Gasteiger partial charge on any atom is 0.0595 e. The van der Waals surface area contributed by atoms with E-state index in [2.05, 4.69) is 23.6 Å². The van der Waals surface area contributed by atoms with E-state index in [4.69, 9.17) is 10.5 Å². The summed E-state index contributed by atoms with van der Waals surface area (Å²) < 4.78 is 5.50. The van der Waals surface area contributed by atoms with Crippen molar-refractivity contribution in [3.05, 3.63) is 0 Å². The molecule has 0 bridgehead atoms. The fourth-order valence-electron chi connectivity index (χ4n) is 3.93. The van der Waals surface area contributed by atoms with Crippen molar-refractivity contribution in [2.75, 3.05) is 39.8 Å². The van der Waals surface area contributed by atoms with Crippen molar-refractivity contribution < 1.29 is 4.74 Å². The zero-order chi connectivity index (χ0) is 14.6. The Balaban J connectivity index is 1.99. The van der Waals surface area contributed by atoms with E-state index in [-0.39, 0.29) is 5.54 Å². The molecule has 2 rings (SSSR count). The maximum absolute atomic E-state index is 6.24. The third-order valence-corrected chi connectivity index (χ3v) is 5.51.